The number of ether oxygens (including phenoxy) is 2. The summed E-state index contributed by atoms with van der Waals surface area (Å²) >= 11 is 0. The van der Waals surface area contributed by atoms with Gasteiger partial charge in [-0.25, -0.2) is 12.8 Å². The number of anilines is 1. The van der Waals surface area contributed by atoms with E-state index in [4.69, 9.17) is 9.47 Å². The zero-order chi connectivity index (χ0) is 24.3. The molecule has 0 fully saturated rings. The highest BCUT2D eigenvalue weighted by molar-refractivity contribution is 7.93. The number of nitrogens with one attached hydrogen (secondary N) is 1. The molecule has 1 N–H and O–H groups in total. The fourth-order valence-corrected chi connectivity index (χ4v) is 5.52. The highest BCUT2D eigenvalue weighted by Gasteiger charge is 2.36. The standard InChI is InChI=1S/C25H25FN2O5S/c1-3-32-22-12-9-17(13-23(22)33-4-2)15-27-25(29)16-28-21-11-10-18(26)14-20(21)19-7-5-6-8-24(19)34(28,30)31/h5-14H,3-4,15-16H2,1-2H3,(H,27,29). The quantitative estimate of drug-likeness (QED) is 0.520. The van der Waals surface area contributed by atoms with Crippen LogP contribution in [0, 0.1) is 5.82 Å². The molecule has 0 saturated carbocycles. The first-order valence-electron chi connectivity index (χ1n) is 10.9. The average molecular weight is 485 g/mol. The van der Waals surface area contributed by atoms with Gasteiger partial charge in [0.15, 0.2) is 11.5 Å². The lowest BCUT2D eigenvalue weighted by atomic mass is 10.0. The van der Waals surface area contributed by atoms with Gasteiger partial charge in [0, 0.05) is 17.7 Å². The van der Waals surface area contributed by atoms with Crippen LogP contribution in [0.3, 0.4) is 0 Å². The molecule has 1 amide bonds. The normalized spacial score (nSPS) is 13.6. The first-order chi connectivity index (χ1) is 16.3. The zero-order valence-corrected chi connectivity index (χ0v) is 19.7. The fraction of sp³-hybridized carbons (Fsp3) is 0.240. The van der Waals surface area contributed by atoms with E-state index in [1.807, 2.05) is 13.8 Å². The molecule has 3 aromatic carbocycles. The molecule has 1 heterocycles. The van der Waals surface area contributed by atoms with Crippen LogP contribution in [0.5, 0.6) is 11.5 Å². The number of hydrogen-bond acceptors (Lipinski definition) is 5. The molecule has 0 atom stereocenters. The van der Waals surface area contributed by atoms with E-state index in [0.29, 0.717) is 35.8 Å². The highest BCUT2D eigenvalue weighted by Crippen LogP contribution is 2.43. The number of nitrogens with zero attached hydrogens (tertiary/aromatic N) is 1. The molecule has 0 bridgehead atoms. The summed E-state index contributed by atoms with van der Waals surface area (Å²) < 4.78 is 52.8. The SMILES string of the molecule is CCOc1ccc(CNC(=O)CN2c3ccc(F)cc3-c3ccccc3S2(=O)=O)cc1OCC. The number of fused-ring (bicyclic) bond motifs is 3. The number of hydrogen-bond donors (Lipinski definition) is 1. The summed E-state index contributed by atoms with van der Waals surface area (Å²) in [5, 5.41) is 2.76. The van der Waals surface area contributed by atoms with Gasteiger partial charge in [-0.1, -0.05) is 24.3 Å². The minimum atomic E-state index is -4.00. The first kappa shape index (κ1) is 23.6. The van der Waals surface area contributed by atoms with Crippen molar-refractivity contribution < 1.29 is 27.1 Å². The third-order valence-electron chi connectivity index (χ3n) is 5.36. The Kier molecular flexibility index (Phi) is 6.74. The zero-order valence-electron chi connectivity index (χ0n) is 18.9. The summed E-state index contributed by atoms with van der Waals surface area (Å²) in [5.41, 5.74) is 1.86. The van der Waals surface area contributed by atoms with Crippen molar-refractivity contribution in [1.82, 2.24) is 5.32 Å². The summed E-state index contributed by atoms with van der Waals surface area (Å²) in [7, 11) is -4.00. The molecule has 7 nitrogen and oxygen atoms in total. The Morgan fingerprint density at radius 1 is 0.941 bits per heavy atom. The molecule has 4 rings (SSSR count). The van der Waals surface area contributed by atoms with E-state index < -0.39 is 28.3 Å². The molecule has 34 heavy (non-hydrogen) atoms. The lowest BCUT2D eigenvalue weighted by molar-refractivity contribution is -0.119. The maximum atomic E-state index is 14.0. The van der Waals surface area contributed by atoms with Gasteiger partial charge in [-0.3, -0.25) is 9.10 Å². The molecule has 0 aliphatic carbocycles. The topological polar surface area (TPSA) is 84.9 Å². The van der Waals surface area contributed by atoms with Gasteiger partial charge in [0.1, 0.15) is 12.4 Å². The van der Waals surface area contributed by atoms with Gasteiger partial charge in [-0.05, 0) is 55.8 Å². The van der Waals surface area contributed by atoms with Crippen LogP contribution in [0.15, 0.2) is 65.6 Å². The third kappa shape index (κ3) is 4.56. The van der Waals surface area contributed by atoms with E-state index in [-0.39, 0.29) is 17.1 Å². The molecule has 0 unspecified atom stereocenters. The summed E-state index contributed by atoms with van der Waals surface area (Å²) in [4.78, 5) is 12.8. The van der Waals surface area contributed by atoms with Crippen LogP contribution in [0.2, 0.25) is 0 Å². The molecule has 9 heteroatoms. The van der Waals surface area contributed by atoms with Gasteiger partial charge in [0.05, 0.1) is 23.8 Å². The lowest BCUT2D eigenvalue weighted by Gasteiger charge is -2.31. The van der Waals surface area contributed by atoms with E-state index >= 15 is 0 Å². The maximum Gasteiger partial charge on any atom is 0.265 e. The average Bonchev–Trinajstić information content (AvgIpc) is 2.82. The van der Waals surface area contributed by atoms with Gasteiger partial charge in [-0.2, -0.15) is 0 Å². The van der Waals surface area contributed by atoms with Crippen LogP contribution in [0.25, 0.3) is 11.1 Å². The molecular weight excluding hydrogens is 459 g/mol. The minimum Gasteiger partial charge on any atom is -0.490 e. The molecule has 1 aliphatic heterocycles. The predicted molar refractivity (Wildman–Crippen MR) is 127 cm³/mol. The second kappa shape index (κ2) is 9.72. The highest BCUT2D eigenvalue weighted by atomic mass is 32.2. The summed E-state index contributed by atoms with van der Waals surface area (Å²) in [6, 6.07) is 15.6. The number of sulfonamides is 1. The Hall–Kier alpha value is -3.59. The van der Waals surface area contributed by atoms with Crippen LogP contribution >= 0.6 is 0 Å². The Morgan fingerprint density at radius 2 is 1.68 bits per heavy atom. The van der Waals surface area contributed by atoms with Crippen molar-refractivity contribution >= 4 is 21.6 Å². The van der Waals surface area contributed by atoms with Crippen molar-refractivity contribution in [3.8, 4) is 22.6 Å². The monoisotopic (exact) mass is 484 g/mol. The van der Waals surface area contributed by atoms with Crippen LogP contribution in [-0.2, 0) is 21.4 Å². The Morgan fingerprint density at radius 3 is 2.44 bits per heavy atom. The number of benzene rings is 3. The third-order valence-corrected chi connectivity index (χ3v) is 7.18. The van der Waals surface area contributed by atoms with E-state index in [0.717, 1.165) is 9.87 Å². The second-order valence-corrected chi connectivity index (χ2v) is 9.42. The largest absolute Gasteiger partial charge is 0.490 e. The molecular formula is C25H25FN2O5S. The summed E-state index contributed by atoms with van der Waals surface area (Å²) in [6.07, 6.45) is 0. The Bertz CT molecular complexity index is 1330. The Balaban J connectivity index is 1.55. The van der Waals surface area contributed by atoms with Crippen molar-refractivity contribution in [1.29, 1.82) is 0 Å². The van der Waals surface area contributed by atoms with Crippen LogP contribution < -0.4 is 19.1 Å². The predicted octanol–water partition coefficient (Wildman–Crippen LogP) is 4.12. The van der Waals surface area contributed by atoms with Gasteiger partial charge >= 0.3 is 0 Å². The van der Waals surface area contributed by atoms with Crippen LogP contribution in [-0.4, -0.2) is 34.1 Å². The summed E-state index contributed by atoms with van der Waals surface area (Å²) in [5.74, 6) is 0.200. The van der Waals surface area contributed by atoms with E-state index in [9.17, 15) is 17.6 Å². The van der Waals surface area contributed by atoms with Crippen molar-refractivity contribution in [3.63, 3.8) is 0 Å². The lowest BCUT2D eigenvalue weighted by Crippen LogP contribution is -2.42. The molecule has 0 aromatic heterocycles. The smallest absolute Gasteiger partial charge is 0.265 e. The van der Waals surface area contributed by atoms with Crippen molar-refractivity contribution in [2.75, 3.05) is 24.1 Å². The summed E-state index contributed by atoms with van der Waals surface area (Å²) in [6.45, 7) is 4.43. The van der Waals surface area contributed by atoms with Crippen LogP contribution in [0.1, 0.15) is 19.4 Å². The molecule has 178 valence electrons. The second-order valence-electron chi connectivity index (χ2n) is 7.59. The van der Waals surface area contributed by atoms with Crippen molar-refractivity contribution in [2.45, 2.75) is 25.3 Å². The molecule has 0 radical (unpaired) electrons. The van der Waals surface area contributed by atoms with Gasteiger partial charge in [-0.15, -0.1) is 0 Å². The molecule has 0 saturated heterocycles. The van der Waals surface area contributed by atoms with Gasteiger partial charge < -0.3 is 14.8 Å². The number of rotatable bonds is 8. The van der Waals surface area contributed by atoms with Crippen LogP contribution in [0.4, 0.5) is 10.1 Å². The molecule has 3 aromatic rings. The van der Waals surface area contributed by atoms with Gasteiger partial charge in [0.25, 0.3) is 10.0 Å². The molecule has 0 spiro atoms. The van der Waals surface area contributed by atoms with Crippen molar-refractivity contribution in [3.05, 3.63) is 72.0 Å². The van der Waals surface area contributed by atoms with E-state index in [2.05, 4.69) is 5.32 Å². The van der Waals surface area contributed by atoms with Gasteiger partial charge in [0.2, 0.25) is 5.91 Å². The first-order valence-corrected chi connectivity index (χ1v) is 12.4. The van der Waals surface area contributed by atoms with Crippen molar-refractivity contribution in [2.24, 2.45) is 0 Å². The van der Waals surface area contributed by atoms with E-state index in [1.54, 1.807) is 36.4 Å². The minimum absolute atomic E-state index is 0.0359. The maximum absolute atomic E-state index is 14.0. The van der Waals surface area contributed by atoms with E-state index in [1.165, 1.54) is 24.3 Å². The molecule has 1 aliphatic rings. The number of carbonyl (C=O) groups is 1. The Labute approximate surface area is 198 Å². The number of carbonyl (C=O) groups excluding carboxylic acids is 1. The number of amides is 1. The number of halogens is 1. The fourth-order valence-electron chi connectivity index (χ4n) is 3.87.